The number of hydrogen-bond donors (Lipinski definition) is 2. The van der Waals surface area contributed by atoms with Crippen molar-refractivity contribution >= 4 is 56.1 Å². The second-order valence-electron chi connectivity index (χ2n) is 4.39. The van der Waals surface area contributed by atoms with Crippen molar-refractivity contribution in [2.24, 2.45) is 5.73 Å². The Bertz CT molecular complexity index is 688. The first kappa shape index (κ1) is 15.2. The lowest BCUT2D eigenvalue weighted by Crippen LogP contribution is -2.15. The van der Waals surface area contributed by atoms with E-state index in [0.717, 1.165) is 32.8 Å². The Labute approximate surface area is 136 Å². The zero-order chi connectivity index (χ0) is 14.9. The lowest BCUT2D eigenvalue weighted by Gasteiger charge is -2.15. The van der Waals surface area contributed by atoms with Crippen LogP contribution in [-0.2, 0) is 0 Å². The fraction of sp³-hybridized carbons (Fsp3) is 0.143. The Morgan fingerprint density at radius 3 is 2.65 bits per heavy atom. The zero-order valence-corrected chi connectivity index (χ0v) is 14.2. The maximum atomic E-state index is 6.02. The number of rotatable bonds is 3. The van der Waals surface area contributed by atoms with Crippen molar-refractivity contribution in [3.63, 3.8) is 0 Å². The van der Waals surface area contributed by atoms with E-state index in [-0.39, 0.29) is 0 Å². The van der Waals surface area contributed by atoms with Gasteiger partial charge in [-0.25, -0.2) is 0 Å². The Balaban J connectivity index is 2.53. The van der Waals surface area contributed by atoms with Crippen LogP contribution in [0.25, 0.3) is 0 Å². The highest BCUT2D eigenvalue weighted by Gasteiger charge is 2.12. The summed E-state index contributed by atoms with van der Waals surface area (Å²) >= 11 is 14.6. The Kier molecular flexibility index (Phi) is 4.62. The Morgan fingerprint density at radius 2 is 2.00 bits per heavy atom. The third-order valence-electron chi connectivity index (χ3n) is 2.77. The number of thiocarbonyl (C=S) groups is 1. The minimum Gasteiger partial charge on any atom is -0.389 e. The Hall–Kier alpha value is -1.17. The van der Waals surface area contributed by atoms with Gasteiger partial charge >= 0.3 is 0 Å². The van der Waals surface area contributed by atoms with E-state index >= 15 is 0 Å². The molecule has 1 aromatic carbocycles. The topological polar surface area (TPSA) is 50.9 Å². The van der Waals surface area contributed by atoms with Crippen LogP contribution in [0.4, 0.5) is 11.4 Å². The lowest BCUT2D eigenvalue weighted by atomic mass is 10.1. The van der Waals surface area contributed by atoms with Gasteiger partial charge in [-0.15, -0.1) is 0 Å². The molecular weight excluding hydrogens is 358 g/mol. The average molecular weight is 371 g/mol. The van der Waals surface area contributed by atoms with Crippen LogP contribution in [0.3, 0.4) is 0 Å². The van der Waals surface area contributed by atoms with Crippen LogP contribution < -0.4 is 11.1 Å². The molecule has 3 N–H and O–H groups in total. The van der Waals surface area contributed by atoms with Gasteiger partial charge in [0.05, 0.1) is 16.9 Å². The summed E-state index contributed by atoms with van der Waals surface area (Å²) in [5.74, 6) is 0. The predicted molar refractivity (Wildman–Crippen MR) is 92.0 cm³/mol. The third-order valence-corrected chi connectivity index (χ3v) is 3.90. The maximum Gasteiger partial charge on any atom is 0.107 e. The van der Waals surface area contributed by atoms with Gasteiger partial charge in [-0.2, -0.15) is 0 Å². The van der Waals surface area contributed by atoms with E-state index < -0.39 is 0 Å². The molecular formula is C14H13BrClN3S. The molecule has 2 aromatic rings. The summed E-state index contributed by atoms with van der Waals surface area (Å²) in [6.45, 7) is 3.81. The summed E-state index contributed by atoms with van der Waals surface area (Å²) in [5.41, 5.74) is 9.92. The third kappa shape index (κ3) is 3.29. The van der Waals surface area contributed by atoms with E-state index in [4.69, 9.17) is 29.6 Å². The summed E-state index contributed by atoms with van der Waals surface area (Å²) in [4.78, 5) is 4.71. The summed E-state index contributed by atoms with van der Waals surface area (Å²) in [6.07, 6.45) is 0. The molecule has 0 amide bonds. The van der Waals surface area contributed by atoms with Crippen molar-refractivity contribution in [3.8, 4) is 0 Å². The van der Waals surface area contributed by atoms with Gasteiger partial charge in [0, 0.05) is 20.9 Å². The number of aryl methyl sites for hydroxylation is 2. The minimum atomic E-state index is 0.315. The minimum absolute atomic E-state index is 0.315. The molecule has 0 unspecified atom stereocenters. The molecule has 1 heterocycles. The second kappa shape index (κ2) is 6.08. The summed E-state index contributed by atoms with van der Waals surface area (Å²) in [5, 5.41) is 3.95. The molecule has 0 aliphatic heterocycles. The van der Waals surface area contributed by atoms with Gasteiger partial charge in [0.15, 0.2) is 0 Å². The monoisotopic (exact) mass is 369 g/mol. The highest BCUT2D eigenvalue weighted by Crippen LogP contribution is 2.31. The second-order valence-corrected chi connectivity index (χ2v) is 6.12. The molecule has 6 heteroatoms. The number of nitrogens with two attached hydrogens (primary N) is 1. The number of hydrogen-bond acceptors (Lipinski definition) is 3. The van der Waals surface area contributed by atoms with Gasteiger partial charge in [-0.1, -0.05) is 23.8 Å². The molecule has 20 heavy (non-hydrogen) atoms. The molecule has 1 aromatic heterocycles. The molecule has 0 spiro atoms. The zero-order valence-electron chi connectivity index (χ0n) is 11.0. The number of halogens is 2. The fourth-order valence-corrected chi connectivity index (χ4v) is 2.75. The van der Waals surface area contributed by atoms with E-state index in [1.54, 1.807) is 0 Å². The molecule has 0 bridgehead atoms. The predicted octanol–water partition coefficient (Wildman–Crippen LogP) is 4.49. The van der Waals surface area contributed by atoms with Crippen LogP contribution in [0.5, 0.6) is 0 Å². The fourth-order valence-electron chi connectivity index (χ4n) is 1.98. The number of anilines is 2. The maximum absolute atomic E-state index is 6.02. The van der Waals surface area contributed by atoms with Crippen molar-refractivity contribution < 1.29 is 0 Å². The quantitative estimate of drug-likeness (QED) is 0.781. The number of aromatic nitrogens is 1. The molecule has 0 atom stereocenters. The van der Waals surface area contributed by atoms with E-state index in [0.29, 0.717) is 10.0 Å². The highest BCUT2D eigenvalue weighted by atomic mass is 79.9. The largest absolute Gasteiger partial charge is 0.389 e. The first-order valence-electron chi connectivity index (χ1n) is 5.88. The lowest BCUT2D eigenvalue weighted by molar-refractivity contribution is 1.11. The van der Waals surface area contributed by atoms with Crippen molar-refractivity contribution in [1.29, 1.82) is 0 Å². The standard InChI is InChI=1S/C14H13BrClN3S/c1-7-5-12(13(14(17)20)8(2)18-7)19-11-6-9(16)3-4-10(11)15/h3-6H,1-2H3,(H2,17,20)(H,18,19). The van der Waals surface area contributed by atoms with E-state index in [1.165, 1.54) is 0 Å². The summed E-state index contributed by atoms with van der Waals surface area (Å²) < 4.78 is 0.905. The molecule has 0 saturated carbocycles. The van der Waals surface area contributed by atoms with Crippen LogP contribution in [0, 0.1) is 13.8 Å². The van der Waals surface area contributed by atoms with Gasteiger partial charge in [0.25, 0.3) is 0 Å². The number of nitrogens with one attached hydrogen (secondary N) is 1. The van der Waals surface area contributed by atoms with Gasteiger partial charge < -0.3 is 11.1 Å². The van der Waals surface area contributed by atoms with Crippen LogP contribution in [-0.4, -0.2) is 9.97 Å². The molecule has 0 radical (unpaired) electrons. The highest BCUT2D eigenvalue weighted by molar-refractivity contribution is 9.10. The first-order chi connectivity index (χ1) is 9.38. The molecule has 0 fully saturated rings. The molecule has 2 rings (SSSR count). The normalized spacial score (nSPS) is 10.4. The van der Waals surface area contributed by atoms with Crippen LogP contribution >= 0.6 is 39.7 Å². The number of pyridine rings is 1. The van der Waals surface area contributed by atoms with Crippen LogP contribution in [0.1, 0.15) is 17.0 Å². The van der Waals surface area contributed by atoms with Crippen molar-refractivity contribution in [3.05, 3.63) is 50.7 Å². The Morgan fingerprint density at radius 1 is 1.30 bits per heavy atom. The van der Waals surface area contributed by atoms with Crippen molar-refractivity contribution in [2.45, 2.75) is 13.8 Å². The van der Waals surface area contributed by atoms with Crippen LogP contribution in [0.15, 0.2) is 28.7 Å². The molecule has 104 valence electrons. The van der Waals surface area contributed by atoms with Gasteiger partial charge in [-0.05, 0) is 54.0 Å². The van der Waals surface area contributed by atoms with Crippen molar-refractivity contribution in [1.82, 2.24) is 4.98 Å². The summed E-state index contributed by atoms with van der Waals surface area (Å²) in [6, 6.07) is 7.44. The average Bonchev–Trinajstić information content (AvgIpc) is 2.32. The molecule has 0 saturated heterocycles. The van der Waals surface area contributed by atoms with Crippen molar-refractivity contribution in [2.75, 3.05) is 5.32 Å². The smallest absolute Gasteiger partial charge is 0.107 e. The van der Waals surface area contributed by atoms with Crippen LogP contribution in [0.2, 0.25) is 5.02 Å². The SMILES string of the molecule is Cc1cc(Nc2cc(Cl)ccc2Br)c(C(N)=S)c(C)n1. The van der Waals surface area contributed by atoms with E-state index in [2.05, 4.69) is 26.2 Å². The van der Waals surface area contributed by atoms with E-state index in [1.807, 2.05) is 38.1 Å². The van der Waals surface area contributed by atoms with Gasteiger partial charge in [0.1, 0.15) is 4.99 Å². The molecule has 3 nitrogen and oxygen atoms in total. The van der Waals surface area contributed by atoms with Gasteiger partial charge in [-0.3, -0.25) is 4.98 Å². The molecule has 0 aliphatic carbocycles. The number of benzene rings is 1. The van der Waals surface area contributed by atoms with Gasteiger partial charge in [0.2, 0.25) is 0 Å². The number of nitrogens with zero attached hydrogens (tertiary/aromatic N) is 1. The molecule has 0 aliphatic rings. The summed E-state index contributed by atoms with van der Waals surface area (Å²) in [7, 11) is 0. The first-order valence-corrected chi connectivity index (χ1v) is 7.46. The van der Waals surface area contributed by atoms with E-state index in [9.17, 15) is 0 Å².